The predicted molar refractivity (Wildman–Crippen MR) is 286 cm³/mol. The fourth-order valence-electron chi connectivity index (χ4n) is 10.8. The Labute approximate surface area is 436 Å². The first-order valence-electron chi connectivity index (χ1n) is 25.3. The van der Waals surface area contributed by atoms with Crippen LogP contribution in [0.15, 0.2) is 53.6 Å². The first-order chi connectivity index (χ1) is 34.9. The number of aromatic hydroxyl groups is 2. The Hall–Kier alpha value is -5.46. The first-order valence-corrected chi connectivity index (χ1v) is 27.6. The third-order valence-corrected chi connectivity index (χ3v) is 18.0. The number of fused-ring (bicyclic) bond motifs is 3. The summed E-state index contributed by atoms with van der Waals surface area (Å²) in [5.74, 6) is -0.367. The van der Waals surface area contributed by atoms with Crippen LogP contribution in [0.1, 0.15) is 120 Å². The molecule has 17 heteroatoms. The molecule has 4 aliphatic heterocycles. The number of pyridine rings is 1. The fraction of sp³-hybridized carbons (Fsp3) is 0.482. The van der Waals surface area contributed by atoms with Crippen LogP contribution in [0.2, 0.25) is 0 Å². The molecule has 9 rings (SSSR count). The third kappa shape index (κ3) is 11.6. The average molecular weight is 1040 g/mol. The highest BCUT2D eigenvalue weighted by Crippen LogP contribution is 2.46. The standard InChI is InChI=1S/C30H43N3O4S2.C26H26FN3O4/c1-21(2)25-15-26(28(35)16-27(25)34)29(36)33-18-23-7-6-22(14-24(23)19-33)17-32-10-8-31(9-11-32)12-13-38-39-30(3,4)20-37-5;1-4-15-17(14(10-31)11-34-26(15)33)7-22-25-18(9-30(22)3)24-20(28-12-32)6-5-16-13(2)19(27)8-21(29-25)23(16)24/h6-7,14-16,21,34-35H,8-13,17-20H2,1-5H3;7-8,10,12,15,20H,4-6,9,11H2,1-3H3,(H,28,32)/b;22-7-. The van der Waals surface area contributed by atoms with Crippen molar-refractivity contribution >= 4 is 62.8 Å². The molecule has 1 fully saturated rings. The number of carbonyl (C=O) groups is 4. The van der Waals surface area contributed by atoms with E-state index in [9.17, 15) is 33.8 Å². The average Bonchev–Trinajstić information content (AvgIpc) is 3.92. The molecule has 0 radical (unpaired) electrons. The maximum Gasteiger partial charge on any atom is 0.313 e. The molecule has 5 heterocycles. The number of carbonyl (C=O) groups excluding carboxylic acids is 4. The summed E-state index contributed by atoms with van der Waals surface area (Å²) in [5, 5.41) is 24.4. The summed E-state index contributed by atoms with van der Waals surface area (Å²) in [6.45, 7) is 20.7. The van der Waals surface area contributed by atoms with Gasteiger partial charge in [0.05, 0.1) is 41.0 Å². The van der Waals surface area contributed by atoms with Gasteiger partial charge in [-0.1, -0.05) is 60.6 Å². The van der Waals surface area contributed by atoms with Gasteiger partial charge in [-0.05, 0) is 103 Å². The third-order valence-electron chi connectivity index (χ3n) is 14.8. The lowest BCUT2D eigenvalue weighted by Gasteiger charge is -2.34. The Morgan fingerprint density at radius 3 is 2.47 bits per heavy atom. The minimum Gasteiger partial charge on any atom is -0.508 e. The van der Waals surface area contributed by atoms with E-state index in [1.807, 2.05) is 60.4 Å². The van der Waals surface area contributed by atoms with Crippen molar-refractivity contribution < 1.29 is 43.3 Å². The molecule has 0 spiro atoms. The number of esters is 1. The van der Waals surface area contributed by atoms with Crippen molar-refractivity contribution in [2.24, 2.45) is 5.92 Å². The number of nitrogens with one attached hydrogen (secondary N) is 1. The predicted octanol–water partition coefficient (Wildman–Crippen LogP) is 8.58. The topological polar surface area (TPSA) is 165 Å². The van der Waals surface area contributed by atoms with Gasteiger partial charge in [0.15, 0.2) is 0 Å². The van der Waals surface area contributed by atoms with E-state index in [0.717, 1.165) is 91.3 Å². The van der Waals surface area contributed by atoms with Crippen molar-refractivity contribution in [1.82, 2.24) is 29.9 Å². The van der Waals surface area contributed by atoms with Crippen LogP contribution < -0.4 is 5.32 Å². The summed E-state index contributed by atoms with van der Waals surface area (Å²) in [4.78, 5) is 62.6. The minimum atomic E-state index is -0.533. The molecule has 2 unspecified atom stereocenters. The molecule has 1 aliphatic carbocycles. The molecule has 2 amide bonds. The number of cyclic esters (lactones) is 1. The van der Waals surface area contributed by atoms with Crippen LogP contribution in [-0.2, 0) is 56.5 Å². The molecule has 1 saturated heterocycles. The van der Waals surface area contributed by atoms with Crippen LogP contribution in [0.3, 0.4) is 0 Å². The molecular weight excluding hydrogens is 968 g/mol. The van der Waals surface area contributed by atoms with Crippen molar-refractivity contribution in [2.45, 2.75) is 104 Å². The van der Waals surface area contributed by atoms with E-state index in [4.69, 9.17) is 14.5 Å². The molecule has 73 heavy (non-hydrogen) atoms. The lowest BCUT2D eigenvalue weighted by Crippen LogP contribution is -2.46. The highest BCUT2D eigenvalue weighted by Gasteiger charge is 2.37. The molecule has 14 nitrogen and oxygen atoms in total. The number of piperazine rings is 1. The maximum absolute atomic E-state index is 14.8. The number of hydrogen-bond donors (Lipinski definition) is 3. The lowest BCUT2D eigenvalue weighted by atomic mass is 9.82. The van der Waals surface area contributed by atoms with Crippen molar-refractivity contribution in [3.05, 3.63) is 115 Å². The van der Waals surface area contributed by atoms with Gasteiger partial charge in [-0.15, -0.1) is 0 Å². The van der Waals surface area contributed by atoms with Gasteiger partial charge in [0.2, 0.25) is 6.41 Å². The van der Waals surface area contributed by atoms with Gasteiger partial charge in [0.1, 0.15) is 30.2 Å². The molecule has 4 aromatic rings. The van der Waals surface area contributed by atoms with E-state index in [0.29, 0.717) is 78.8 Å². The molecule has 1 aromatic heterocycles. The summed E-state index contributed by atoms with van der Waals surface area (Å²) in [6, 6.07) is 10.7. The summed E-state index contributed by atoms with van der Waals surface area (Å²) in [5.41, 5.74) is 11.1. The smallest absolute Gasteiger partial charge is 0.313 e. The van der Waals surface area contributed by atoms with Crippen LogP contribution in [-0.4, -0.2) is 130 Å². The van der Waals surface area contributed by atoms with Gasteiger partial charge in [-0.25, -0.2) is 9.37 Å². The van der Waals surface area contributed by atoms with Crippen LogP contribution in [0, 0.1) is 18.7 Å². The molecule has 3 N–H and O–H groups in total. The van der Waals surface area contributed by atoms with Gasteiger partial charge in [-0.2, -0.15) is 0 Å². The van der Waals surface area contributed by atoms with Gasteiger partial charge >= 0.3 is 5.97 Å². The first kappa shape index (κ1) is 53.8. The molecule has 0 bridgehead atoms. The number of nitrogens with zero attached hydrogens (tertiary/aromatic N) is 5. The van der Waals surface area contributed by atoms with Crippen LogP contribution in [0.25, 0.3) is 16.6 Å². The van der Waals surface area contributed by atoms with E-state index in [-0.39, 0.29) is 58.1 Å². The number of aryl methyl sites for hydroxylation is 1. The van der Waals surface area contributed by atoms with E-state index < -0.39 is 5.92 Å². The number of benzene rings is 3. The van der Waals surface area contributed by atoms with Crippen molar-refractivity contribution in [3.8, 4) is 11.5 Å². The molecule has 3 aromatic carbocycles. The summed E-state index contributed by atoms with van der Waals surface area (Å²) in [7, 11) is 7.54. The fourth-order valence-corrected chi connectivity index (χ4v) is 13.3. The van der Waals surface area contributed by atoms with E-state index in [1.165, 1.54) is 23.3 Å². The van der Waals surface area contributed by atoms with Crippen molar-refractivity contribution in [1.29, 1.82) is 0 Å². The Kier molecular flexibility index (Phi) is 16.9. The Balaban J connectivity index is 0.000000196. The zero-order valence-electron chi connectivity index (χ0n) is 43.3. The quantitative estimate of drug-likeness (QED) is 0.0423. The monoisotopic (exact) mass is 1040 g/mol. The number of halogens is 1. The highest BCUT2D eigenvalue weighted by molar-refractivity contribution is 8.77. The SMILES string of the molecule is CCC1C(=O)OCC(C=O)=C1/C=C1/c2nc3cc(F)c(C)c4c3c(c2CN1C)C(NC=O)CC4.COCC(C)(C)SSCCN1CCN(Cc2ccc3c(c2)CN(C(=O)c2cc(C(C)C)c(O)cc2O)C3)CC1. The van der Waals surface area contributed by atoms with Gasteiger partial charge in [0, 0.05) is 112 Å². The minimum absolute atomic E-state index is 0.0223. The summed E-state index contributed by atoms with van der Waals surface area (Å²) >= 11 is 0. The summed E-state index contributed by atoms with van der Waals surface area (Å²) in [6.07, 6.45) is 5.14. The van der Waals surface area contributed by atoms with Crippen LogP contribution in [0.5, 0.6) is 11.5 Å². The molecule has 0 saturated carbocycles. The second-order valence-electron chi connectivity index (χ2n) is 20.7. The summed E-state index contributed by atoms with van der Waals surface area (Å²) < 4.78 is 25.4. The largest absolute Gasteiger partial charge is 0.508 e. The number of aldehydes is 1. The van der Waals surface area contributed by atoms with E-state index in [2.05, 4.69) is 47.2 Å². The van der Waals surface area contributed by atoms with Gasteiger partial charge in [-0.3, -0.25) is 29.0 Å². The number of amides is 2. The lowest BCUT2D eigenvalue weighted by molar-refractivity contribution is -0.147. The van der Waals surface area contributed by atoms with Crippen LogP contribution in [0.4, 0.5) is 4.39 Å². The Morgan fingerprint density at radius 1 is 1.03 bits per heavy atom. The second kappa shape index (κ2) is 23.0. The van der Waals surface area contributed by atoms with Gasteiger partial charge < -0.3 is 34.8 Å². The zero-order valence-corrected chi connectivity index (χ0v) is 44.9. The normalized spacial score (nSPS) is 19.5. The molecular formula is C56H69FN6O8S2. The number of hydrogen-bond acceptors (Lipinski definition) is 14. The van der Waals surface area contributed by atoms with Crippen molar-refractivity contribution in [2.75, 3.05) is 65.8 Å². The number of methoxy groups -OCH3 is 1. The number of phenols is 2. The second-order valence-corrected chi connectivity index (χ2v) is 23.8. The number of ether oxygens (including phenoxy) is 2. The number of phenolic OH excluding ortho intramolecular Hbond substituents is 2. The van der Waals surface area contributed by atoms with E-state index in [1.54, 1.807) is 25.0 Å². The number of aromatic nitrogens is 1. The van der Waals surface area contributed by atoms with E-state index >= 15 is 0 Å². The van der Waals surface area contributed by atoms with Gasteiger partial charge in [0.25, 0.3) is 5.91 Å². The zero-order chi connectivity index (χ0) is 52.3. The molecule has 2 atom stereocenters. The number of allylic oxidation sites excluding steroid dienone is 1. The Morgan fingerprint density at radius 2 is 1.77 bits per heavy atom. The molecule has 390 valence electrons. The van der Waals surface area contributed by atoms with Crippen molar-refractivity contribution in [3.63, 3.8) is 0 Å². The Bertz CT molecular complexity index is 2840. The number of rotatable bonds is 16. The molecule has 5 aliphatic rings. The highest BCUT2D eigenvalue weighted by atomic mass is 33.1. The van der Waals surface area contributed by atoms with Crippen LogP contribution >= 0.6 is 21.6 Å². The maximum atomic E-state index is 14.8.